The largest absolute Gasteiger partial charge is 0.354 e. The van der Waals surface area contributed by atoms with Crippen LogP contribution in [0.5, 0.6) is 0 Å². The minimum Gasteiger partial charge on any atom is -0.354 e. The van der Waals surface area contributed by atoms with Crippen molar-refractivity contribution in [2.45, 2.75) is 26.8 Å². The first-order valence-electron chi connectivity index (χ1n) is 8.44. The highest BCUT2D eigenvalue weighted by molar-refractivity contribution is 6.42. The fraction of sp³-hybridized carbons (Fsp3) is 0.316. The van der Waals surface area contributed by atoms with Crippen LogP contribution in [0.1, 0.15) is 25.2 Å². The van der Waals surface area contributed by atoms with Crippen molar-refractivity contribution in [2.75, 3.05) is 6.54 Å². The van der Waals surface area contributed by atoms with Gasteiger partial charge in [0.15, 0.2) is 0 Å². The molecule has 3 aromatic rings. The number of hydrogen-bond acceptors (Lipinski definition) is 3. The summed E-state index contributed by atoms with van der Waals surface area (Å²) < 4.78 is 1.89. The monoisotopic (exact) mass is 390 g/mol. The molecule has 0 aliphatic carbocycles. The van der Waals surface area contributed by atoms with Gasteiger partial charge in [-0.15, -0.1) is 0 Å². The molecule has 0 radical (unpaired) electrons. The second-order valence-corrected chi connectivity index (χ2v) is 7.42. The molecule has 3 rings (SSSR count). The molecule has 0 atom stereocenters. The molecule has 0 aliphatic heterocycles. The van der Waals surface area contributed by atoms with Gasteiger partial charge < -0.3 is 9.88 Å². The van der Waals surface area contributed by atoms with Crippen LogP contribution in [-0.4, -0.2) is 27.0 Å². The van der Waals surface area contributed by atoms with Crippen molar-refractivity contribution >= 4 is 40.1 Å². The Kier molecular flexibility index (Phi) is 5.79. The molecule has 0 unspecified atom stereocenters. The average Bonchev–Trinajstić information content (AvgIpc) is 2.91. The third-order valence-corrected chi connectivity index (χ3v) is 4.69. The number of pyridine rings is 1. The lowest BCUT2D eigenvalue weighted by molar-refractivity contribution is -0.121. The first-order valence-corrected chi connectivity index (χ1v) is 9.19. The maximum absolute atomic E-state index is 12.4. The summed E-state index contributed by atoms with van der Waals surface area (Å²) in [5, 5.41) is 3.83. The van der Waals surface area contributed by atoms with E-state index in [0.29, 0.717) is 28.9 Å². The summed E-state index contributed by atoms with van der Waals surface area (Å²) in [6, 6.07) is 7.35. The lowest BCUT2D eigenvalue weighted by atomic mass is 10.2. The summed E-state index contributed by atoms with van der Waals surface area (Å²) in [4.78, 5) is 21.2. The summed E-state index contributed by atoms with van der Waals surface area (Å²) in [7, 11) is 0. The minimum atomic E-state index is -0.0588. The fourth-order valence-electron chi connectivity index (χ4n) is 2.68. The van der Waals surface area contributed by atoms with Crippen molar-refractivity contribution in [3.05, 3.63) is 58.1 Å². The van der Waals surface area contributed by atoms with Crippen LogP contribution in [0.2, 0.25) is 10.0 Å². The molecule has 2 heterocycles. The highest BCUT2D eigenvalue weighted by atomic mass is 35.5. The Morgan fingerprint density at radius 2 is 2.04 bits per heavy atom. The van der Waals surface area contributed by atoms with Gasteiger partial charge in [-0.05, 0) is 29.7 Å². The first kappa shape index (κ1) is 18.7. The molecule has 1 amide bonds. The number of carbonyl (C=O) groups is 1. The van der Waals surface area contributed by atoms with Crippen LogP contribution in [0.15, 0.2) is 36.7 Å². The number of benzene rings is 1. The molecule has 0 spiro atoms. The van der Waals surface area contributed by atoms with E-state index in [2.05, 4.69) is 29.1 Å². The van der Waals surface area contributed by atoms with E-state index in [1.165, 1.54) is 0 Å². The first-order chi connectivity index (χ1) is 12.4. The molecule has 1 N–H and O–H groups in total. The van der Waals surface area contributed by atoms with Crippen LogP contribution in [0.3, 0.4) is 0 Å². The topological polar surface area (TPSA) is 59.8 Å². The number of rotatable bonds is 6. The van der Waals surface area contributed by atoms with Crippen LogP contribution in [0, 0.1) is 5.92 Å². The maximum Gasteiger partial charge on any atom is 0.240 e. The third kappa shape index (κ3) is 4.34. The number of nitrogens with one attached hydrogen (secondary N) is 1. The predicted octanol–water partition coefficient (Wildman–Crippen LogP) is 4.10. The van der Waals surface area contributed by atoms with Gasteiger partial charge in [0.25, 0.3) is 0 Å². The van der Waals surface area contributed by atoms with Crippen molar-refractivity contribution < 1.29 is 4.79 Å². The lowest BCUT2D eigenvalue weighted by Gasteiger charge is -2.11. The molecule has 0 fully saturated rings. The van der Waals surface area contributed by atoms with E-state index in [1.54, 1.807) is 24.5 Å². The molecule has 5 nitrogen and oxygen atoms in total. The Balaban J connectivity index is 1.97. The summed E-state index contributed by atoms with van der Waals surface area (Å²) in [5.74, 6) is 1.10. The van der Waals surface area contributed by atoms with E-state index in [1.807, 2.05) is 16.7 Å². The Labute approximate surface area is 162 Å². The number of amides is 1. The molecule has 7 heteroatoms. The van der Waals surface area contributed by atoms with Gasteiger partial charge >= 0.3 is 0 Å². The molecule has 136 valence electrons. The van der Waals surface area contributed by atoms with E-state index >= 15 is 0 Å². The number of fused-ring (bicyclic) bond motifs is 1. The van der Waals surface area contributed by atoms with Gasteiger partial charge in [0.05, 0.1) is 21.1 Å². The normalized spacial score (nSPS) is 11.3. The van der Waals surface area contributed by atoms with Gasteiger partial charge in [-0.1, -0.05) is 43.1 Å². The van der Waals surface area contributed by atoms with E-state index in [-0.39, 0.29) is 12.5 Å². The maximum atomic E-state index is 12.4. The molecular weight excluding hydrogens is 371 g/mol. The summed E-state index contributed by atoms with van der Waals surface area (Å²) >= 11 is 12.3. The molecule has 26 heavy (non-hydrogen) atoms. The van der Waals surface area contributed by atoms with Crippen LogP contribution in [-0.2, 0) is 17.8 Å². The van der Waals surface area contributed by atoms with Crippen molar-refractivity contribution in [1.82, 2.24) is 19.9 Å². The molecule has 0 aliphatic rings. The van der Waals surface area contributed by atoms with Gasteiger partial charge in [-0.25, -0.2) is 4.98 Å². The van der Waals surface area contributed by atoms with Crippen molar-refractivity contribution in [3.63, 3.8) is 0 Å². The zero-order valence-corrected chi connectivity index (χ0v) is 16.2. The number of nitrogens with zero attached hydrogens (tertiary/aromatic N) is 3. The van der Waals surface area contributed by atoms with E-state index < -0.39 is 0 Å². The second-order valence-electron chi connectivity index (χ2n) is 6.61. The summed E-state index contributed by atoms with van der Waals surface area (Å²) in [6.07, 6.45) is 4.09. The highest BCUT2D eigenvalue weighted by Gasteiger charge is 2.16. The van der Waals surface area contributed by atoms with Gasteiger partial charge in [0.1, 0.15) is 12.4 Å². The summed E-state index contributed by atoms with van der Waals surface area (Å²) in [6.45, 7) is 4.93. The lowest BCUT2D eigenvalue weighted by Crippen LogP contribution is -2.31. The van der Waals surface area contributed by atoms with Gasteiger partial charge in [-0.3, -0.25) is 9.78 Å². The van der Waals surface area contributed by atoms with Crippen molar-refractivity contribution in [2.24, 2.45) is 5.92 Å². The summed E-state index contributed by atoms with van der Waals surface area (Å²) in [5.41, 5.74) is 2.52. The molecule has 0 saturated carbocycles. The quantitative estimate of drug-likeness (QED) is 0.688. The second kappa shape index (κ2) is 8.06. The Bertz CT molecular complexity index is 922. The fourth-order valence-corrected chi connectivity index (χ4v) is 3.00. The molecule has 0 bridgehead atoms. The number of halogens is 2. The van der Waals surface area contributed by atoms with Crippen LogP contribution < -0.4 is 5.32 Å². The number of hydrogen-bond donors (Lipinski definition) is 1. The predicted molar refractivity (Wildman–Crippen MR) is 105 cm³/mol. The molecule has 1 aromatic carbocycles. The Morgan fingerprint density at radius 1 is 1.27 bits per heavy atom. The Morgan fingerprint density at radius 3 is 2.73 bits per heavy atom. The SMILES string of the molecule is CC(C)CNC(=O)Cn1c(Cc2cccnc2)nc2cc(Cl)c(Cl)cc21. The Hall–Kier alpha value is -2.11. The van der Waals surface area contributed by atoms with Crippen LogP contribution in [0.25, 0.3) is 11.0 Å². The number of carbonyl (C=O) groups excluding carboxylic acids is 1. The molecule has 2 aromatic heterocycles. The molecule has 0 saturated heterocycles. The van der Waals surface area contributed by atoms with E-state index in [9.17, 15) is 4.79 Å². The number of aromatic nitrogens is 3. The van der Waals surface area contributed by atoms with Gasteiger partial charge in [0.2, 0.25) is 5.91 Å². The molecular formula is C19H20Cl2N4O. The van der Waals surface area contributed by atoms with Gasteiger partial charge in [-0.2, -0.15) is 0 Å². The third-order valence-electron chi connectivity index (χ3n) is 3.96. The minimum absolute atomic E-state index is 0.0588. The number of imidazole rings is 1. The van der Waals surface area contributed by atoms with E-state index in [0.717, 1.165) is 22.4 Å². The zero-order valence-electron chi connectivity index (χ0n) is 14.7. The smallest absolute Gasteiger partial charge is 0.240 e. The van der Waals surface area contributed by atoms with Crippen molar-refractivity contribution in [3.8, 4) is 0 Å². The van der Waals surface area contributed by atoms with Gasteiger partial charge in [0, 0.05) is 25.4 Å². The standard InChI is InChI=1S/C19H20Cl2N4O/c1-12(2)9-23-19(26)11-25-17-8-15(21)14(20)7-16(17)24-18(25)6-13-4-3-5-22-10-13/h3-5,7-8,10,12H,6,9,11H2,1-2H3,(H,23,26). The van der Waals surface area contributed by atoms with Crippen LogP contribution >= 0.6 is 23.2 Å². The highest BCUT2D eigenvalue weighted by Crippen LogP contribution is 2.29. The van der Waals surface area contributed by atoms with Crippen LogP contribution in [0.4, 0.5) is 0 Å². The van der Waals surface area contributed by atoms with Crippen molar-refractivity contribution in [1.29, 1.82) is 0 Å². The average molecular weight is 391 g/mol. The van der Waals surface area contributed by atoms with E-state index in [4.69, 9.17) is 23.2 Å². The zero-order chi connectivity index (χ0) is 18.7.